The fourth-order valence-electron chi connectivity index (χ4n) is 2.38. The van der Waals surface area contributed by atoms with E-state index >= 15 is 0 Å². The molecule has 0 fully saturated rings. The number of aliphatic hydroxyl groups is 1. The molecule has 0 spiro atoms. The van der Waals surface area contributed by atoms with E-state index in [9.17, 15) is 35.7 Å². The molecule has 0 saturated heterocycles. The number of rotatable bonds is 6. The van der Waals surface area contributed by atoms with Gasteiger partial charge in [0, 0.05) is 11.9 Å². The molecule has 0 aliphatic carbocycles. The minimum absolute atomic E-state index is 0.129. The SMILES string of the molecule is C[C@@H](Nc1nc(Nc2cc(C(F)(F)F)c(S(N)=O)c(C(F)(F)F)c2)ncc1Br)C(C)(C)O. The molecule has 0 amide bonds. The fourth-order valence-corrected chi connectivity index (χ4v) is 3.47. The molecule has 5 N–H and O–H groups in total. The van der Waals surface area contributed by atoms with Crippen molar-refractivity contribution in [2.75, 3.05) is 10.6 Å². The number of aromatic nitrogens is 2. The molecule has 0 saturated carbocycles. The van der Waals surface area contributed by atoms with Gasteiger partial charge in [0.05, 0.1) is 32.1 Å². The lowest BCUT2D eigenvalue weighted by atomic mass is 10.0. The van der Waals surface area contributed by atoms with Crippen LogP contribution in [0, 0.1) is 0 Å². The number of hydrogen-bond donors (Lipinski definition) is 4. The Hall–Kier alpha value is -1.97. The van der Waals surface area contributed by atoms with Gasteiger partial charge in [-0.25, -0.2) is 14.3 Å². The highest BCUT2D eigenvalue weighted by Crippen LogP contribution is 2.43. The van der Waals surface area contributed by atoms with E-state index in [2.05, 4.69) is 36.5 Å². The molecule has 0 aliphatic heterocycles. The molecule has 1 aromatic heterocycles. The zero-order valence-corrected chi connectivity index (χ0v) is 19.1. The summed E-state index contributed by atoms with van der Waals surface area (Å²) in [4.78, 5) is 6.27. The van der Waals surface area contributed by atoms with Crippen LogP contribution >= 0.6 is 15.9 Å². The lowest BCUT2D eigenvalue weighted by Gasteiger charge is -2.27. The fraction of sp³-hybridized carbons (Fsp3) is 0.412. The van der Waals surface area contributed by atoms with E-state index in [-0.39, 0.29) is 11.8 Å². The molecule has 178 valence electrons. The first-order chi connectivity index (χ1) is 14.4. The van der Waals surface area contributed by atoms with Crippen LogP contribution in [0.5, 0.6) is 0 Å². The molecule has 1 heterocycles. The first-order valence-electron chi connectivity index (χ1n) is 8.68. The summed E-state index contributed by atoms with van der Waals surface area (Å²) in [6, 6.07) is 0.148. The summed E-state index contributed by atoms with van der Waals surface area (Å²) in [5.41, 5.74) is -5.43. The van der Waals surface area contributed by atoms with E-state index in [4.69, 9.17) is 5.14 Å². The Labute approximate surface area is 189 Å². The van der Waals surface area contributed by atoms with Crippen molar-refractivity contribution in [2.45, 2.75) is 49.7 Å². The third-order valence-electron chi connectivity index (χ3n) is 4.31. The molecule has 0 radical (unpaired) electrons. The molecular formula is C17H18BrF6N5O2S. The van der Waals surface area contributed by atoms with Crippen molar-refractivity contribution in [3.05, 3.63) is 33.9 Å². The van der Waals surface area contributed by atoms with Crippen molar-refractivity contribution in [1.82, 2.24) is 9.97 Å². The Bertz CT molecular complexity index is 991. The number of hydrogen-bond acceptors (Lipinski definition) is 6. The summed E-state index contributed by atoms with van der Waals surface area (Å²) in [6.45, 7) is 4.69. The second kappa shape index (κ2) is 9.11. The van der Waals surface area contributed by atoms with Crippen LogP contribution in [0.1, 0.15) is 31.9 Å². The first kappa shape index (κ1) is 26.3. The first-order valence-corrected chi connectivity index (χ1v) is 10.7. The lowest BCUT2D eigenvalue weighted by molar-refractivity contribution is -0.147. The maximum absolute atomic E-state index is 13.4. The van der Waals surface area contributed by atoms with Crippen LogP contribution < -0.4 is 15.8 Å². The third-order valence-corrected chi connectivity index (χ3v) is 5.74. The van der Waals surface area contributed by atoms with Gasteiger partial charge in [0.1, 0.15) is 16.8 Å². The molecule has 0 bridgehead atoms. The average Bonchev–Trinajstić information content (AvgIpc) is 2.61. The van der Waals surface area contributed by atoms with Crippen molar-refractivity contribution >= 4 is 44.4 Å². The Morgan fingerprint density at radius 3 is 2.03 bits per heavy atom. The maximum Gasteiger partial charge on any atom is 0.417 e. The Morgan fingerprint density at radius 1 is 1.12 bits per heavy atom. The molecular weight excluding hydrogens is 532 g/mol. The van der Waals surface area contributed by atoms with Gasteiger partial charge in [0.25, 0.3) is 0 Å². The zero-order chi connectivity index (χ0) is 24.6. The second-order valence-electron chi connectivity index (χ2n) is 7.23. The highest BCUT2D eigenvalue weighted by atomic mass is 79.9. The molecule has 2 aromatic rings. The van der Waals surface area contributed by atoms with Crippen LogP contribution in [0.3, 0.4) is 0 Å². The number of nitrogens with two attached hydrogens (primary N) is 1. The van der Waals surface area contributed by atoms with Gasteiger partial charge in [-0.2, -0.15) is 31.3 Å². The Morgan fingerprint density at radius 2 is 1.62 bits per heavy atom. The molecule has 1 aromatic carbocycles. The Balaban J connectivity index is 2.56. The van der Waals surface area contributed by atoms with E-state index in [0.29, 0.717) is 16.6 Å². The molecule has 2 rings (SSSR count). The summed E-state index contributed by atoms with van der Waals surface area (Å²) in [7, 11) is -3.06. The van der Waals surface area contributed by atoms with Gasteiger partial charge in [0.15, 0.2) is 0 Å². The summed E-state index contributed by atoms with van der Waals surface area (Å²) < 4.78 is 92.3. The molecule has 15 heteroatoms. The summed E-state index contributed by atoms with van der Waals surface area (Å²) in [5, 5.41) is 20.1. The minimum Gasteiger partial charge on any atom is -0.388 e. The van der Waals surface area contributed by atoms with Crippen LogP contribution in [0.15, 0.2) is 27.7 Å². The van der Waals surface area contributed by atoms with E-state index < -0.39 is 56.7 Å². The molecule has 0 aliphatic rings. The lowest BCUT2D eigenvalue weighted by Crippen LogP contribution is -2.39. The van der Waals surface area contributed by atoms with Gasteiger partial charge in [-0.15, -0.1) is 0 Å². The van der Waals surface area contributed by atoms with Crippen molar-refractivity contribution in [2.24, 2.45) is 5.14 Å². The van der Waals surface area contributed by atoms with Gasteiger partial charge >= 0.3 is 12.4 Å². The highest BCUT2D eigenvalue weighted by molar-refractivity contribution is 9.10. The van der Waals surface area contributed by atoms with Crippen LogP contribution in [0.2, 0.25) is 0 Å². The van der Waals surface area contributed by atoms with Crippen LogP contribution in [0.25, 0.3) is 0 Å². The second-order valence-corrected chi connectivity index (χ2v) is 9.09. The summed E-state index contributed by atoms with van der Waals surface area (Å²) in [5.74, 6) is -0.203. The standard InChI is InChI=1S/C17H18BrF6N5O2S/c1-7(15(2,3)30)27-13-11(18)6-26-14(29-13)28-8-4-9(16(19,20)21)12(32(25)31)10(5-8)17(22,23)24/h4-7,30H,25H2,1-3H3,(H2,26,27,28,29)/t7-,32?/m1/s1. The monoisotopic (exact) mass is 549 g/mol. The van der Waals surface area contributed by atoms with Crippen molar-refractivity contribution < 1.29 is 35.7 Å². The van der Waals surface area contributed by atoms with E-state index in [0.717, 1.165) is 0 Å². The molecule has 2 atom stereocenters. The van der Waals surface area contributed by atoms with Gasteiger partial charge in [-0.1, -0.05) is 0 Å². The van der Waals surface area contributed by atoms with E-state index in [1.807, 2.05) is 0 Å². The predicted molar refractivity (Wildman–Crippen MR) is 109 cm³/mol. The zero-order valence-electron chi connectivity index (χ0n) is 16.7. The number of anilines is 3. The normalized spacial score (nSPS) is 14.8. The molecule has 7 nitrogen and oxygen atoms in total. The highest BCUT2D eigenvalue weighted by Gasteiger charge is 2.43. The number of nitrogens with zero attached hydrogens (tertiary/aromatic N) is 2. The van der Waals surface area contributed by atoms with Crippen molar-refractivity contribution in [3.63, 3.8) is 0 Å². The van der Waals surface area contributed by atoms with Crippen LogP contribution in [0.4, 0.5) is 43.8 Å². The minimum atomic E-state index is -5.27. The topological polar surface area (TPSA) is 113 Å². The number of halogens is 7. The average molecular weight is 550 g/mol. The number of nitrogens with one attached hydrogen (secondary N) is 2. The van der Waals surface area contributed by atoms with Gasteiger partial charge < -0.3 is 15.7 Å². The largest absolute Gasteiger partial charge is 0.417 e. The summed E-state index contributed by atoms with van der Waals surface area (Å²) >= 11 is 3.17. The van der Waals surface area contributed by atoms with Gasteiger partial charge in [-0.05, 0) is 48.8 Å². The Kier molecular flexibility index (Phi) is 7.48. The van der Waals surface area contributed by atoms with Crippen molar-refractivity contribution in [3.8, 4) is 0 Å². The number of alkyl halides is 6. The summed E-state index contributed by atoms with van der Waals surface area (Å²) in [6.07, 6.45) is -9.32. The van der Waals surface area contributed by atoms with Crippen LogP contribution in [-0.4, -0.2) is 30.9 Å². The quantitative estimate of drug-likeness (QED) is 0.392. The van der Waals surface area contributed by atoms with Crippen LogP contribution in [-0.2, 0) is 23.3 Å². The van der Waals surface area contributed by atoms with Crippen molar-refractivity contribution in [1.29, 1.82) is 0 Å². The van der Waals surface area contributed by atoms with E-state index in [1.165, 1.54) is 20.0 Å². The molecule has 1 unspecified atom stereocenters. The number of benzene rings is 1. The van der Waals surface area contributed by atoms with Gasteiger partial charge in [0.2, 0.25) is 5.95 Å². The maximum atomic E-state index is 13.4. The third kappa shape index (κ3) is 6.30. The smallest absolute Gasteiger partial charge is 0.388 e. The van der Waals surface area contributed by atoms with Gasteiger partial charge in [-0.3, -0.25) is 0 Å². The van der Waals surface area contributed by atoms with E-state index in [1.54, 1.807) is 6.92 Å². The predicted octanol–water partition coefficient (Wildman–Crippen LogP) is 4.57. The molecule has 32 heavy (non-hydrogen) atoms.